The van der Waals surface area contributed by atoms with Gasteiger partial charge in [-0.2, -0.15) is 0 Å². The summed E-state index contributed by atoms with van der Waals surface area (Å²) in [6.45, 7) is 4.68. The van der Waals surface area contributed by atoms with Crippen molar-refractivity contribution >= 4 is 12.1 Å². The number of hydrogen-bond acceptors (Lipinski definition) is 5. The maximum atomic E-state index is 12.9. The number of rotatable bonds is 6. The van der Waals surface area contributed by atoms with E-state index in [1.54, 1.807) is 20.8 Å². The molecule has 0 fully saturated rings. The molecule has 2 N–H and O–H groups in total. The van der Waals surface area contributed by atoms with E-state index in [0.29, 0.717) is 5.56 Å². The summed E-state index contributed by atoms with van der Waals surface area (Å²) in [5.41, 5.74) is -0.275. The fourth-order valence-corrected chi connectivity index (χ4v) is 1.45. The first kappa shape index (κ1) is 17.8. The summed E-state index contributed by atoms with van der Waals surface area (Å²) >= 11 is 0. The molecular formula is C14H19FN2O5. The second kappa shape index (κ2) is 7.69. The monoisotopic (exact) mass is 314 g/mol. The Morgan fingerprint density at radius 1 is 1.41 bits per heavy atom. The number of nitrogens with zero attached hydrogens (tertiary/aromatic N) is 1. The molecule has 1 atom stereocenters. The quantitative estimate of drug-likeness (QED) is 0.829. The lowest BCUT2D eigenvalue weighted by molar-refractivity contribution is -0.141. The Kier molecular flexibility index (Phi) is 6.24. The summed E-state index contributed by atoms with van der Waals surface area (Å²) in [6.07, 6.45) is 1.60. The van der Waals surface area contributed by atoms with Crippen LogP contribution in [0.2, 0.25) is 0 Å². The molecule has 0 bridgehead atoms. The summed E-state index contributed by atoms with van der Waals surface area (Å²) < 4.78 is 23.1. The lowest BCUT2D eigenvalue weighted by Gasteiger charge is -2.22. The molecule has 0 radical (unpaired) electrons. The molecule has 1 aromatic rings. The maximum Gasteiger partial charge on any atom is 0.408 e. The zero-order valence-corrected chi connectivity index (χ0v) is 12.6. The van der Waals surface area contributed by atoms with Crippen molar-refractivity contribution < 1.29 is 28.6 Å². The van der Waals surface area contributed by atoms with Crippen molar-refractivity contribution in [1.82, 2.24) is 10.3 Å². The fourth-order valence-electron chi connectivity index (χ4n) is 1.45. The van der Waals surface area contributed by atoms with Gasteiger partial charge in [-0.15, -0.1) is 0 Å². The number of carboxylic acid groups (broad SMARTS) is 1. The number of aliphatic carboxylic acids is 1. The van der Waals surface area contributed by atoms with Gasteiger partial charge in [0.15, 0.2) is 6.04 Å². The number of ether oxygens (including phenoxy) is 2. The summed E-state index contributed by atoms with van der Waals surface area (Å²) in [7, 11) is 0. The van der Waals surface area contributed by atoms with E-state index >= 15 is 0 Å². The van der Waals surface area contributed by atoms with Crippen LogP contribution in [0.15, 0.2) is 18.5 Å². The predicted molar refractivity (Wildman–Crippen MR) is 74.6 cm³/mol. The number of carbonyl (C=O) groups excluding carboxylic acids is 1. The van der Waals surface area contributed by atoms with E-state index < -0.39 is 29.5 Å². The second-order valence-corrected chi connectivity index (χ2v) is 5.56. The number of amides is 1. The Labute approximate surface area is 127 Å². The molecule has 8 heteroatoms. The predicted octanol–water partition coefficient (Wildman–Crippen LogP) is 1.72. The molecule has 0 aliphatic heterocycles. The average Bonchev–Trinajstić information content (AvgIpc) is 2.35. The summed E-state index contributed by atoms with van der Waals surface area (Å²) in [5.74, 6) is -1.77. The van der Waals surface area contributed by atoms with Gasteiger partial charge in [0, 0.05) is 6.20 Å². The standard InChI is InChI=1S/C14H19FN2O5/c1-14(2,3)22-13(20)17-11(12(18)19)8-21-7-9-4-10(15)6-16-5-9/h4-6,11H,7-8H2,1-3H3,(H,17,20)(H,18,19). The largest absolute Gasteiger partial charge is 0.480 e. The van der Waals surface area contributed by atoms with E-state index in [1.165, 1.54) is 12.3 Å². The minimum Gasteiger partial charge on any atom is -0.480 e. The topological polar surface area (TPSA) is 97.8 Å². The molecule has 0 aliphatic carbocycles. The van der Waals surface area contributed by atoms with Crippen molar-refractivity contribution in [3.63, 3.8) is 0 Å². The number of carboxylic acids is 1. The third-order valence-electron chi connectivity index (χ3n) is 2.30. The van der Waals surface area contributed by atoms with Crippen LogP contribution >= 0.6 is 0 Å². The molecule has 22 heavy (non-hydrogen) atoms. The minimum absolute atomic E-state index is 0.0233. The number of halogens is 1. The van der Waals surface area contributed by atoms with Crippen molar-refractivity contribution in [2.45, 2.75) is 39.0 Å². The summed E-state index contributed by atoms with van der Waals surface area (Å²) in [4.78, 5) is 26.3. The van der Waals surface area contributed by atoms with Crippen LogP contribution in [-0.2, 0) is 20.9 Å². The summed E-state index contributed by atoms with van der Waals surface area (Å²) in [6, 6.07) is -0.0410. The zero-order valence-electron chi connectivity index (χ0n) is 12.6. The molecule has 1 aromatic heterocycles. The molecule has 0 aromatic carbocycles. The van der Waals surface area contributed by atoms with Crippen molar-refractivity contribution in [1.29, 1.82) is 0 Å². The highest BCUT2D eigenvalue weighted by molar-refractivity contribution is 5.80. The number of alkyl carbamates (subject to hydrolysis) is 1. The molecule has 0 saturated carbocycles. The Morgan fingerprint density at radius 2 is 2.09 bits per heavy atom. The molecule has 0 spiro atoms. The highest BCUT2D eigenvalue weighted by Gasteiger charge is 2.24. The third-order valence-corrected chi connectivity index (χ3v) is 2.30. The van der Waals surface area contributed by atoms with Gasteiger partial charge < -0.3 is 19.9 Å². The smallest absolute Gasteiger partial charge is 0.408 e. The highest BCUT2D eigenvalue weighted by atomic mass is 19.1. The van der Waals surface area contributed by atoms with E-state index in [0.717, 1.165) is 6.20 Å². The first-order chi connectivity index (χ1) is 10.2. The Hall–Kier alpha value is -2.22. The molecule has 1 heterocycles. The SMILES string of the molecule is CC(C)(C)OC(=O)NC(COCc1cncc(F)c1)C(=O)O. The summed E-state index contributed by atoms with van der Waals surface area (Å²) in [5, 5.41) is 11.2. The maximum absolute atomic E-state index is 12.9. The molecule has 0 saturated heterocycles. The molecule has 122 valence electrons. The normalized spacial score (nSPS) is 12.5. The van der Waals surface area contributed by atoms with Crippen LogP contribution < -0.4 is 5.32 Å². The Balaban J connectivity index is 2.48. The number of pyridine rings is 1. The van der Waals surface area contributed by atoms with Gasteiger partial charge in [0.2, 0.25) is 0 Å². The van der Waals surface area contributed by atoms with E-state index in [9.17, 15) is 14.0 Å². The van der Waals surface area contributed by atoms with E-state index in [1.807, 2.05) is 0 Å². The molecule has 1 rings (SSSR count). The number of nitrogens with one attached hydrogen (secondary N) is 1. The van der Waals surface area contributed by atoms with Gasteiger partial charge >= 0.3 is 12.1 Å². The van der Waals surface area contributed by atoms with Gasteiger partial charge in [-0.3, -0.25) is 4.98 Å². The van der Waals surface area contributed by atoms with E-state index in [-0.39, 0.29) is 13.2 Å². The van der Waals surface area contributed by atoms with Crippen LogP contribution in [0, 0.1) is 5.82 Å². The van der Waals surface area contributed by atoms with Gasteiger partial charge in [0.1, 0.15) is 11.4 Å². The molecule has 1 unspecified atom stereocenters. The first-order valence-corrected chi connectivity index (χ1v) is 6.57. The fraction of sp³-hybridized carbons (Fsp3) is 0.500. The van der Waals surface area contributed by atoms with E-state index in [2.05, 4.69) is 10.3 Å². The highest BCUT2D eigenvalue weighted by Crippen LogP contribution is 2.07. The Morgan fingerprint density at radius 3 is 2.64 bits per heavy atom. The Bertz CT molecular complexity index is 530. The van der Waals surface area contributed by atoms with Crippen LogP contribution in [0.4, 0.5) is 9.18 Å². The minimum atomic E-state index is -1.27. The van der Waals surface area contributed by atoms with Crippen LogP contribution in [-0.4, -0.2) is 40.4 Å². The zero-order chi connectivity index (χ0) is 16.8. The van der Waals surface area contributed by atoms with Crippen LogP contribution in [0.3, 0.4) is 0 Å². The second-order valence-electron chi connectivity index (χ2n) is 5.56. The van der Waals surface area contributed by atoms with Gasteiger partial charge in [0.25, 0.3) is 0 Å². The van der Waals surface area contributed by atoms with Gasteiger partial charge in [0.05, 0.1) is 19.4 Å². The molecule has 1 amide bonds. The number of carbonyl (C=O) groups is 2. The van der Waals surface area contributed by atoms with Gasteiger partial charge in [-0.1, -0.05) is 0 Å². The lowest BCUT2D eigenvalue weighted by Crippen LogP contribution is -2.46. The van der Waals surface area contributed by atoms with Crippen LogP contribution in [0.1, 0.15) is 26.3 Å². The number of aromatic nitrogens is 1. The van der Waals surface area contributed by atoms with Crippen molar-refractivity contribution in [3.05, 3.63) is 29.8 Å². The third kappa shape index (κ3) is 6.98. The van der Waals surface area contributed by atoms with Gasteiger partial charge in [-0.05, 0) is 32.4 Å². The lowest BCUT2D eigenvalue weighted by atomic mass is 10.2. The van der Waals surface area contributed by atoms with Crippen molar-refractivity contribution in [3.8, 4) is 0 Å². The van der Waals surface area contributed by atoms with Gasteiger partial charge in [-0.25, -0.2) is 14.0 Å². The number of hydrogen-bond donors (Lipinski definition) is 2. The van der Waals surface area contributed by atoms with Crippen LogP contribution in [0.5, 0.6) is 0 Å². The van der Waals surface area contributed by atoms with E-state index in [4.69, 9.17) is 14.6 Å². The first-order valence-electron chi connectivity index (χ1n) is 6.57. The van der Waals surface area contributed by atoms with Crippen LogP contribution in [0.25, 0.3) is 0 Å². The molecular weight excluding hydrogens is 295 g/mol. The molecule has 7 nitrogen and oxygen atoms in total. The van der Waals surface area contributed by atoms with Crippen molar-refractivity contribution in [2.24, 2.45) is 0 Å². The molecule has 0 aliphatic rings. The average molecular weight is 314 g/mol. The van der Waals surface area contributed by atoms with Crippen molar-refractivity contribution in [2.75, 3.05) is 6.61 Å².